The molecule has 0 unspecified atom stereocenters. The molecule has 3 rings (SSSR count). The van der Waals surface area contributed by atoms with E-state index in [1.807, 2.05) is 26.0 Å². The van der Waals surface area contributed by atoms with Crippen LogP contribution in [-0.4, -0.2) is 12.4 Å². The van der Waals surface area contributed by atoms with Gasteiger partial charge >= 0.3 is 6.18 Å². The summed E-state index contributed by atoms with van der Waals surface area (Å²) < 4.78 is 38.5. The van der Waals surface area contributed by atoms with Gasteiger partial charge in [-0.1, -0.05) is 6.07 Å². The lowest BCUT2D eigenvalue weighted by atomic mass is 10.1. The van der Waals surface area contributed by atoms with Crippen LogP contribution in [0.25, 0.3) is 0 Å². The largest absolute Gasteiger partial charge is 0.416 e. The number of anilines is 2. The Bertz CT molecular complexity index is 761. The van der Waals surface area contributed by atoms with Gasteiger partial charge in [0.15, 0.2) is 0 Å². The number of hydrogen-bond acceptors (Lipinski definition) is 3. The van der Waals surface area contributed by atoms with Gasteiger partial charge < -0.3 is 5.32 Å². The number of halogens is 3. The Hall–Kier alpha value is -2.50. The monoisotopic (exact) mass is 332 g/mol. The summed E-state index contributed by atoms with van der Waals surface area (Å²) in [6, 6.07) is 12.3. The van der Waals surface area contributed by atoms with E-state index in [9.17, 15) is 13.2 Å². The quantitative estimate of drug-likeness (QED) is 0.859. The van der Waals surface area contributed by atoms with Crippen molar-refractivity contribution in [3.05, 3.63) is 59.2 Å². The minimum atomic E-state index is -4.35. The molecule has 0 saturated carbocycles. The fraction of sp³-hybridized carbons (Fsp3) is 0.278. The molecule has 3 nitrogen and oxygen atoms in total. The fourth-order valence-electron chi connectivity index (χ4n) is 2.70. The third-order valence-corrected chi connectivity index (χ3v) is 3.70. The molecule has 1 aliphatic heterocycles. The number of nitrogens with one attached hydrogen (secondary N) is 1. The first-order chi connectivity index (χ1) is 11.3. The Kier molecular flexibility index (Phi) is 4.22. The molecule has 2 aromatic rings. The lowest BCUT2D eigenvalue weighted by Crippen LogP contribution is -2.13. The van der Waals surface area contributed by atoms with Gasteiger partial charge in [-0.3, -0.25) is 5.01 Å². The molecule has 0 fully saturated rings. The van der Waals surface area contributed by atoms with Crippen molar-refractivity contribution in [3.8, 4) is 0 Å². The van der Waals surface area contributed by atoms with Crippen LogP contribution >= 0.6 is 0 Å². The Morgan fingerprint density at radius 3 is 2.50 bits per heavy atom. The van der Waals surface area contributed by atoms with Gasteiger partial charge in [0, 0.05) is 18.7 Å². The topological polar surface area (TPSA) is 27.6 Å². The second-order valence-electron chi connectivity index (χ2n) is 5.83. The van der Waals surface area contributed by atoms with Gasteiger partial charge in [-0.15, -0.1) is 0 Å². The van der Waals surface area contributed by atoms with Crippen molar-refractivity contribution < 1.29 is 13.2 Å². The Labute approximate surface area is 138 Å². The van der Waals surface area contributed by atoms with E-state index in [4.69, 9.17) is 0 Å². The van der Waals surface area contributed by atoms with Crippen molar-refractivity contribution in [2.24, 2.45) is 5.10 Å². The normalized spacial score (nSPS) is 14.7. The molecule has 125 valence electrons. The van der Waals surface area contributed by atoms with E-state index in [2.05, 4.69) is 16.5 Å². The van der Waals surface area contributed by atoms with E-state index in [1.54, 1.807) is 11.1 Å². The first kappa shape index (κ1) is 16.4. The predicted octanol–water partition coefficient (Wildman–Crippen LogP) is 4.76. The summed E-state index contributed by atoms with van der Waals surface area (Å²) in [6.07, 6.45) is -3.71. The van der Waals surface area contributed by atoms with Crippen LogP contribution in [0.15, 0.2) is 41.5 Å². The highest BCUT2D eigenvalue weighted by atomic mass is 19.4. The van der Waals surface area contributed by atoms with Crippen LogP contribution in [0.4, 0.5) is 24.5 Å². The van der Waals surface area contributed by atoms with E-state index in [0.29, 0.717) is 18.7 Å². The smallest absolute Gasteiger partial charge is 0.342 e. The highest BCUT2D eigenvalue weighted by molar-refractivity contribution is 5.97. The van der Waals surface area contributed by atoms with E-state index >= 15 is 0 Å². The molecule has 1 aliphatic rings. The molecule has 6 heteroatoms. The molecule has 0 bridgehead atoms. The van der Waals surface area contributed by atoms with Crippen LogP contribution in [0.5, 0.6) is 0 Å². The zero-order chi connectivity index (χ0) is 17.3. The number of hydrogen-bond donors (Lipinski definition) is 1. The van der Waals surface area contributed by atoms with Gasteiger partial charge in [0.25, 0.3) is 0 Å². The number of benzene rings is 2. The fourth-order valence-corrected chi connectivity index (χ4v) is 2.70. The second-order valence-corrected chi connectivity index (χ2v) is 5.83. The Morgan fingerprint density at radius 2 is 1.83 bits per heavy atom. The third-order valence-electron chi connectivity index (χ3n) is 3.70. The summed E-state index contributed by atoms with van der Waals surface area (Å²) in [7, 11) is 0. The molecule has 0 aliphatic carbocycles. The molecule has 2 aromatic carbocycles. The second kappa shape index (κ2) is 6.19. The highest BCUT2D eigenvalue weighted by Gasteiger charge is 2.31. The number of hydrazone groups is 1. The summed E-state index contributed by atoms with van der Waals surface area (Å²) in [4.78, 5) is 0. The van der Waals surface area contributed by atoms with Crippen molar-refractivity contribution in [1.82, 2.24) is 0 Å². The Morgan fingerprint density at radius 1 is 1.12 bits per heavy atom. The molecule has 1 N–H and O–H groups in total. The van der Waals surface area contributed by atoms with E-state index in [-0.39, 0.29) is 0 Å². The zero-order valence-electron chi connectivity index (χ0n) is 13.4. The third kappa shape index (κ3) is 3.69. The van der Waals surface area contributed by atoms with Gasteiger partial charge in [-0.05, 0) is 61.4 Å². The standard InChI is InChI=1S/C18H17F3N3/c1-12-8-13(2)10-15(9-12)22-17-6-7-24(23-17)16-5-3-4-14(11-16)18(19,20)21/h3-5,9-11H,6-7H2,1-2H3,(H,22,23). The van der Waals surface area contributed by atoms with Gasteiger partial charge in [0.1, 0.15) is 5.84 Å². The average Bonchev–Trinajstić information content (AvgIpc) is 2.94. The average molecular weight is 332 g/mol. The van der Waals surface area contributed by atoms with Crippen molar-refractivity contribution in [1.29, 1.82) is 0 Å². The van der Waals surface area contributed by atoms with Crippen molar-refractivity contribution >= 4 is 17.2 Å². The summed E-state index contributed by atoms with van der Waals surface area (Å²) >= 11 is 0. The molecule has 0 saturated heterocycles. The van der Waals surface area contributed by atoms with Gasteiger partial charge in [0.05, 0.1) is 11.3 Å². The van der Waals surface area contributed by atoms with Crippen LogP contribution in [0.1, 0.15) is 23.1 Å². The molecule has 1 heterocycles. The molecular weight excluding hydrogens is 315 g/mol. The molecule has 0 spiro atoms. The SMILES string of the molecule is Cc1[c]c(C)cc(NC2=NN(c3cccc(C(F)(F)F)c3)CC2)c1. The van der Waals surface area contributed by atoms with Crippen LogP contribution in [0.2, 0.25) is 0 Å². The first-order valence-corrected chi connectivity index (χ1v) is 7.61. The number of alkyl halides is 3. The number of aryl methyl sites for hydroxylation is 2. The maximum absolute atomic E-state index is 12.8. The van der Waals surface area contributed by atoms with Crippen molar-refractivity contribution in [3.63, 3.8) is 0 Å². The lowest BCUT2D eigenvalue weighted by Gasteiger charge is -2.15. The van der Waals surface area contributed by atoms with Gasteiger partial charge in [-0.2, -0.15) is 18.3 Å². The van der Waals surface area contributed by atoms with Crippen molar-refractivity contribution in [2.75, 3.05) is 16.9 Å². The Balaban J connectivity index is 1.78. The maximum Gasteiger partial charge on any atom is 0.416 e. The first-order valence-electron chi connectivity index (χ1n) is 7.61. The summed E-state index contributed by atoms with van der Waals surface area (Å²) in [5.74, 6) is 0.734. The van der Waals surface area contributed by atoms with Crippen LogP contribution in [-0.2, 0) is 6.18 Å². The van der Waals surface area contributed by atoms with Gasteiger partial charge in [-0.25, -0.2) is 0 Å². The minimum Gasteiger partial charge on any atom is -0.342 e. The van der Waals surface area contributed by atoms with Crippen LogP contribution in [0, 0.1) is 19.9 Å². The summed E-state index contributed by atoms with van der Waals surface area (Å²) in [5, 5.41) is 9.22. The van der Waals surface area contributed by atoms with E-state index < -0.39 is 11.7 Å². The molecule has 24 heavy (non-hydrogen) atoms. The van der Waals surface area contributed by atoms with E-state index in [1.165, 1.54) is 6.07 Å². The predicted molar refractivity (Wildman–Crippen MR) is 89.2 cm³/mol. The molecular formula is C18H17F3N3. The molecule has 0 amide bonds. The zero-order valence-corrected chi connectivity index (χ0v) is 13.4. The van der Waals surface area contributed by atoms with Crippen LogP contribution in [0.3, 0.4) is 0 Å². The summed E-state index contributed by atoms with van der Waals surface area (Å²) in [6.45, 7) is 4.47. The van der Waals surface area contributed by atoms with Gasteiger partial charge in [0.2, 0.25) is 0 Å². The highest BCUT2D eigenvalue weighted by Crippen LogP contribution is 2.32. The van der Waals surface area contributed by atoms with E-state index in [0.717, 1.165) is 34.8 Å². The summed E-state index contributed by atoms with van der Waals surface area (Å²) in [5.41, 5.74) is 2.72. The number of rotatable bonds is 2. The number of amidine groups is 1. The molecule has 1 radical (unpaired) electrons. The molecule has 0 atom stereocenters. The molecule has 0 aromatic heterocycles. The van der Waals surface area contributed by atoms with Crippen LogP contribution < -0.4 is 10.3 Å². The minimum absolute atomic E-state index is 0.440. The van der Waals surface area contributed by atoms with Crippen molar-refractivity contribution in [2.45, 2.75) is 26.4 Å². The number of nitrogens with zero attached hydrogens (tertiary/aromatic N) is 2. The lowest BCUT2D eigenvalue weighted by molar-refractivity contribution is -0.137. The maximum atomic E-state index is 12.8.